The van der Waals surface area contributed by atoms with Gasteiger partial charge in [-0.15, -0.1) is 0 Å². The molecule has 0 radical (unpaired) electrons. The van der Waals surface area contributed by atoms with Crippen molar-refractivity contribution in [3.63, 3.8) is 0 Å². The van der Waals surface area contributed by atoms with Crippen LogP contribution in [0.1, 0.15) is 70.8 Å². The SMILES string of the molecule is CC(C)C(C)Nc1ncc2c(OC3CCNCC3)ncc(C3CCC(O)CC3)c2n1. The van der Waals surface area contributed by atoms with E-state index in [1.54, 1.807) is 0 Å². The first-order chi connectivity index (χ1) is 14.5. The van der Waals surface area contributed by atoms with Crippen molar-refractivity contribution >= 4 is 16.9 Å². The molecule has 1 unspecified atom stereocenters. The van der Waals surface area contributed by atoms with E-state index in [0.29, 0.717) is 23.7 Å². The van der Waals surface area contributed by atoms with Gasteiger partial charge in [0, 0.05) is 24.0 Å². The van der Waals surface area contributed by atoms with E-state index in [1.807, 2.05) is 12.4 Å². The van der Waals surface area contributed by atoms with E-state index in [2.05, 4.69) is 36.4 Å². The summed E-state index contributed by atoms with van der Waals surface area (Å²) in [6.07, 6.45) is 9.36. The quantitative estimate of drug-likeness (QED) is 0.666. The maximum absolute atomic E-state index is 9.93. The fourth-order valence-corrected chi connectivity index (χ4v) is 4.31. The summed E-state index contributed by atoms with van der Waals surface area (Å²) in [7, 11) is 0. The van der Waals surface area contributed by atoms with Gasteiger partial charge in [0.15, 0.2) is 0 Å². The van der Waals surface area contributed by atoms with E-state index in [1.165, 1.54) is 0 Å². The Hall–Kier alpha value is -1.99. The third-order valence-electron chi connectivity index (χ3n) is 6.67. The molecule has 0 amide bonds. The standard InChI is InChI=1S/C23H35N5O2/c1-14(2)15(3)27-23-26-13-20-21(28-23)19(16-4-6-17(29)7-5-16)12-25-22(20)30-18-8-10-24-11-9-18/h12-18,24,29H,4-11H2,1-3H3,(H,26,27,28). The monoisotopic (exact) mass is 413 g/mol. The van der Waals surface area contributed by atoms with Gasteiger partial charge in [0.05, 0.1) is 17.0 Å². The van der Waals surface area contributed by atoms with Crippen LogP contribution in [0.15, 0.2) is 12.4 Å². The summed E-state index contributed by atoms with van der Waals surface area (Å²) in [5.41, 5.74) is 2.08. The van der Waals surface area contributed by atoms with Crippen molar-refractivity contribution in [3.8, 4) is 5.88 Å². The average Bonchev–Trinajstić information content (AvgIpc) is 2.75. The van der Waals surface area contributed by atoms with Crippen LogP contribution in [0.5, 0.6) is 5.88 Å². The molecular formula is C23H35N5O2. The van der Waals surface area contributed by atoms with Crippen molar-refractivity contribution in [2.75, 3.05) is 18.4 Å². The molecular weight excluding hydrogens is 378 g/mol. The number of pyridine rings is 1. The fourth-order valence-electron chi connectivity index (χ4n) is 4.31. The van der Waals surface area contributed by atoms with Crippen LogP contribution in [0, 0.1) is 5.92 Å². The van der Waals surface area contributed by atoms with Gasteiger partial charge in [-0.2, -0.15) is 0 Å². The second-order valence-corrected chi connectivity index (χ2v) is 9.22. The lowest BCUT2D eigenvalue weighted by molar-refractivity contribution is 0.122. The molecule has 2 aliphatic rings. The van der Waals surface area contributed by atoms with Crippen molar-refractivity contribution in [1.82, 2.24) is 20.3 Å². The summed E-state index contributed by atoms with van der Waals surface area (Å²) in [6.45, 7) is 8.48. The molecule has 1 aliphatic heterocycles. The average molecular weight is 414 g/mol. The van der Waals surface area contributed by atoms with Crippen molar-refractivity contribution in [2.24, 2.45) is 5.92 Å². The number of ether oxygens (including phenoxy) is 1. The zero-order valence-electron chi connectivity index (χ0n) is 18.4. The first-order valence-electron chi connectivity index (χ1n) is 11.5. The fraction of sp³-hybridized carbons (Fsp3) is 0.696. The molecule has 0 aromatic carbocycles. The van der Waals surface area contributed by atoms with Crippen LogP contribution in [-0.2, 0) is 0 Å². The van der Waals surface area contributed by atoms with Crippen LogP contribution in [-0.4, -0.2) is 51.4 Å². The lowest BCUT2D eigenvalue weighted by Gasteiger charge is -2.27. The highest BCUT2D eigenvalue weighted by Gasteiger charge is 2.26. The zero-order chi connectivity index (χ0) is 21.1. The van der Waals surface area contributed by atoms with E-state index in [9.17, 15) is 5.11 Å². The lowest BCUT2D eigenvalue weighted by Crippen LogP contribution is -2.34. The number of hydrogen-bond donors (Lipinski definition) is 3. The summed E-state index contributed by atoms with van der Waals surface area (Å²) >= 11 is 0. The maximum atomic E-state index is 9.93. The third-order valence-corrected chi connectivity index (χ3v) is 6.67. The number of aliphatic hydroxyl groups is 1. The molecule has 2 aromatic rings. The minimum atomic E-state index is -0.179. The molecule has 164 valence electrons. The molecule has 30 heavy (non-hydrogen) atoms. The Kier molecular flexibility index (Phi) is 6.68. The van der Waals surface area contributed by atoms with E-state index < -0.39 is 0 Å². The number of aliphatic hydroxyl groups excluding tert-OH is 1. The van der Waals surface area contributed by atoms with E-state index in [0.717, 1.165) is 68.1 Å². The molecule has 0 spiro atoms. The molecule has 1 saturated heterocycles. The predicted molar refractivity (Wildman–Crippen MR) is 119 cm³/mol. The molecule has 1 saturated carbocycles. The van der Waals surface area contributed by atoms with Gasteiger partial charge < -0.3 is 20.5 Å². The topological polar surface area (TPSA) is 92.2 Å². The summed E-state index contributed by atoms with van der Waals surface area (Å²) in [5, 5.41) is 17.6. The second kappa shape index (κ2) is 9.43. The van der Waals surface area contributed by atoms with E-state index in [-0.39, 0.29) is 18.2 Å². The molecule has 2 fully saturated rings. The third kappa shape index (κ3) is 4.83. The van der Waals surface area contributed by atoms with Crippen LogP contribution < -0.4 is 15.4 Å². The Bertz CT molecular complexity index is 845. The zero-order valence-corrected chi connectivity index (χ0v) is 18.4. The first kappa shape index (κ1) is 21.2. The molecule has 3 N–H and O–H groups in total. The van der Waals surface area contributed by atoms with Crippen molar-refractivity contribution < 1.29 is 9.84 Å². The van der Waals surface area contributed by atoms with Gasteiger partial charge in [-0.1, -0.05) is 13.8 Å². The molecule has 0 bridgehead atoms. The Morgan fingerprint density at radius 1 is 1.03 bits per heavy atom. The minimum Gasteiger partial charge on any atom is -0.474 e. The van der Waals surface area contributed by atoms with E-state index in [4.69, 9.17) is 14.7 Å². The number of aromatic nitrogens is 3. The van der Waals surface area contributed by atoms with Gasteiger partial charge in [-0.05, 0) is 70.4 Å². The number of nitrogens with zero attached hydrogens (tertiary/aromatic N) is 3. The van der Waals surface area contributed by atoms with Crippen LogP contribution in [0.3, 0.4) is 0 Å². The minimum absolute atomic E-state index is 0.177. The van der Waals surface area contributed by atoms with Crippen LogP contribution in [0.4, 0.5) is 5.95 Å². The molecule has 2 aromatic heterocycles. The Labute approximate surface area is 179 Å². The summed E-state index contributed by atoms with van der Waals surface area (Å²) < 4.78 is 6.30. The number of fused-ring (bicyclic) bond motifs is 1. The smallest absolute Gasteiger partial charge is 0.224 e. The molecule has 1 atom stereocenters. The largest absolute Gasteiger partial charge is 0.474 e. The van der Waals surface area contributed by atoms with Gasteiger partial charge >= 0.3 is 0 Å². The van der Waals surface area contributed by atoms with Crippen LogP contribution in [0.2, 0.25) is 0 Å². The first-order valence-corrected chi connectivity index (χ1v) is 11.5. The van der Waals surface area contributed by atoms with Gasteiger partial charge in [0.2, 0.25) is 11.8 Å². The Balaban J connectivity index is 1.68. The van der Waals surface area contributed by atoms with Crippen molar-refractivity contribution in [1.29, 1.82) is 0 Å². The highest BCUT2D eigenvalue weighted by Crippen LogP contribution is 2.38. The van der Waals surface area contributed by atoms with Crippen LogP contribution >= 0.6 is 0 Å². The molecule has 4 rings (SSSR count). The highest BCUT2D eigenvalue weighted by molar-refractivity contribution is 5.86. The number of piperidine rings is 1. The summed E-state index contributed by atoms with van der Waals surface area (Å²) in [4.78, 5) is 14.2. The lowest BCUT2D eigenvalue weighted by atomic mass is 9.83. The Morgan fingerprint density at radius 2 is 1.77 bits per heavy atom. The van der Waals surface area contributed by atoms with Gasteiger partial charge in [-0.25, -0.2) is 15.0 Å². The molecule has 3 heterocycles. The van der Waals surface area contributed by atoms with Gasteiger partial charge in [0.25, 0.3) is 0 Å². The number of hydrogen-bond acceptors (Lipinski definition) is 7. The Morgan fingerprint density at radius 3 is 2.47 bits per heavy atom. The summed E-state index contributed by atoms with van der Waals surface area (Å²) in [6, 6.07) is 0.281. The van der Waals surface area contributed by atoms with Crippen molar-refractivity contribution in [3.05, 3.63) is 18.0 Å². The molecule has 7 heteroatoms. The number of nitrogens with one attached hydrogen (secondary N) is 2. The van der Waals surface area contributed by atoms with E-state index >= 15 is 0 Å². The normalized spacial score (nSPS) is 24.2. The van der Waals surface area contributed by atoms with Crippen molar-refractivity contribution in [2.45, 2.75) is 83.5 Å². The highest BCUT2D eigenvalue weighted by atomic mass is 16.5. The molecule has 1 aliphatic carbocycles. The van der Waals surface area contributed by atoms with Crippen LogP contribution in [0.25, 0.3) is 10.9 Å². The van der Waals surface area contributed by atoms with Gasteiger partial charge in [-0.3, -0.25) is 0 Å². The number of anilines is 1. The second-order valence-electron chi connectivity index (χ2n) is 9.22. The molecule has 7 nitrogen and oxygen atoms in total. The predicted octanol–water partition coefficient (Wildman–Crippen LogP) is 3.63. The van der Waals surface area contributed by atoms with Gasteiger partial charge in [0.1, 0.15) is 6.10 Å². The number of rotatable bonds is 6. The maximum Gasteiger partial charge on any atom is 0.224 e. The summed E-state index contributed by atoms with van der Waals surface area (Å²) in [5.74, 6) is 2.14.